The molecule has 0 fully saturated rings. The molecule has 0 aliphatic heterocycles. The lowest BCUT2D eigenvalue weighted by atomic mass is 10.3. The van der Waals surface area contributed by atoms with E-state index in [1.54, 1.807) is 24.5 Å². The quantitative estimate of drug-likeness (QED) is 0.407. The van der Waals surface area contributed by atoms with Gasteiger partial charge < -0.3 is 0 Å². The molecule has 0 aliphatic carbocycles. The molecule has 3 aromatic rings. The Bertz CT molecular complexity index is 786. The van der Waals surface area contributed by atoms with Crippen molar-refractivity contribution in [2.24, 2.45) is 0 Å². The molecule has 0 spiro atoms. The number of hydrogen-bond donors (Lipinski definition) is 0. The van der Waals surface area contributed by atoms with Gasteiger partial charge in [-0.1, -0.05) is 6.07 Å². The van der Waals surface area contributed by atoms with Gasteiger partial charge in [-0.2, -0.15) is 10.1 Å². The zero-order valence-corrected chi connectivity index (χ0v) is 10.2. The fraction of sp³-hybridized carbons (Fsp3) is 0. The van der Waals surface area contributed by atoms with Crippen molar-refractivity contribution in [3.05, 3.63) is 52.1 Å². The van der Waals surface area contributed by atoms with Crippen LogP contribution in [0.2, 0.25) is 5.28 Å². The number of nitrogens with zero attached hydrogens (tertiary/aromatic N) is 5. The largest absolute Gasteiger partial charge is 0.271 e. The highest BCUT2D eigenvalue weighted by Crippen LogP contribution is 2.20. The molecule has 0 N–H and O–H groups in total. The minimum Gasteiger partial charge on any atom is -0.258 e. The summed E-state index contributed by atoms with van der Waals surface area (Å²) in [5.41, 5.74) is 1.03. The summed E-state index contributed by atoms with van der Waals surface area (Å²) >= 11 is 5.75. The van der Waals surface area contributed by atoms with Gasteiger partial charge in [-0.3, -0.25) is 10.1 Å². The summed E-state index contributed by atoms with van der Waals surface area (Å²) in [5.74, 6) is 0. The second-order valence-electron chi connectivity index (χ2n) is 3.75. The molecule has 94 valence electrons. The van der Waals surface area contributed by atoms with Crippen molar-refractivity contribution in [1.29, 1.82) is 0 Å². The van der Waals surface area contributed by atoms with Crippen LogP contribution in [0, 0.1) is 10.1 Å². The molecular formula is C11H6ClN5O2. The molecule has 19 heavy (non-hydrogen) atoms. The molecule has 1 aromatic carbocycles. The summed E-state index contributed by atoms with van der Waals surface area (Å²) in [6.07, 6.45) is 3.12. The van der Waals surface area contributed by atoms with Crippen LogP contribution >= 0.6 is 11.6 Å². The van der Waals surface area contributed by atoms with Crippen LogP contribution in [0.15, 0.2) is 36.7 Å². The number of benzene rings is 1. The van der Waals surface area contributed by atoms with Gasteiger partial charge >= 0.3 is 0 Å². The smallest absolute Gasteiger partial charge is 0.258 e. The van der Waals surface area contributed by atoms with Crippen molar-refractivity contribution in [2.75, 3.05) is 0 Å². The maximum absolute atomic E-state index is 10.8. The summed E-state index contributed by atoms with van der Waals surface area (Å²) in [6, 6.07) is 6.12. The van der Waals surface area contributed by atoms with Gasteiger partial charge in [-0.25, -0.2) is 9.67 Å². The van der Waals surface area contributed by atoms with Gasteiger partial charge in [-0.05, 0) is 17.7 Å². The van der Waals surface area contributed by atoms with Crippen LogP contribution in [0.25, 0.3) is 16.7 Å². The third-order valence-corrected chi connectivity index (χ3v) is 2.75. The first kappa shape index (κ1) is 11.5. The van der Waals surface area contributed by atoms with Gasteiger partial charge in [0, 0.05) is 18.3 Å². The average Bonchev–Trinajstić information content (AvgIpc) is 2.81. The lowest BCUT2D eigenvalue weighted by Gasteiger charge is -2.02. The van der Waals surface area contributed by atoms with E-state index in [-0.39, 0.29) is 11.0 Å². The van der Waals surface area contributed by atoms with Crippen LogP contribution in [0.4, 0.5) is 5.69 Å². The van der Waals surface area contributed by atoms with Gasteiger partial charge in [0.2, 0.25) is 5.28 Å². The normalized spacial score (nSPS) is 10.8. The molecule has 0 aliphatic rings. The zero-order valence-electron chi connectivity index (χ0n) is 9.39. The minimum atomic E-state index is -0.461. The maximum Gasteiger partial charge on any atom is 0.271 e. The number of nitro groups is 1. The molecule has 2 aromatic heterocycles. The Morgan fingerprint density at radius 1 is 1.32 bits per heavy atom. The first-order valence-corrected chi connectivity index (χ1v) is 5.64. The number of halogens is 1. The molecular weight excluding hydrogens is 270 g/mol. The highest BCUT2D eigenvalue weighted by Gasteiger charge is 2.11. The maximum atomic E-state index is 10.8. The molecule has 0 saturated carbocycles. The summed E-state index contributed by atoms with van der Waals surface area (Å²) in [6.45, 7) is 0. The third kappa shape index (κ3) is 2.00. The molecule has 7 nitrogen and oxygen atoms in total. The average molecular weight is 276 g/mol. The number of hydrogen-bond acceptors (Lipinski definition) is 5. The molecule has 2 heterocycles. The SMILES string of the molecule is O=[N+]([O-])c1cccc(-n2ncc3cnc(Cl)nc32)c1. The van der Waals surface area contributed by atoms with Gasteiger partial charge in [-0.15, -0.1) is 0 Å². The molecule has 0 atom stereocenters. The van der Waals surface area contributed by atoms with Crippen LogP contribution < -0.4 is 0 Å². The first-order chi connectivity index (χ1) is 9.15. The Morgan fingerprint density at radius 2 is 2.16 bits per heavy atom. The number of rotatable bonds is 2. The first-order valence-electron chi connectivity index (χ1n) is 5.26. The van der Waals surface area contributed by atoms with Crippen molar-refractivity contribution < 1.29 is 4.92 Å². The Kier molecular flexibility index (Phi) is 2.60. The van der Waals surface area contributed by atoms with Gasteiger partial charge in [0.1, 0.15) is 0 Å². The molecule has 0 saturated heterocycles. The Morgan fingerprint density at radius 3 is 2.95 bits per heavy atom. The highest BCUT2D eigenvalue weighted by atomic mass is 35.5. The Hall–Kier alpha value is -2.54. The van der Waals surface area contributed by atoms with Crippen LogP contribution in [-0.2, 0) is 0 Å². The molecule has 0 bridgehead atoms. The monoisotopic (exact) mass is 275 g/mol. The van der Waals surface area contributed by atoms with E-state index in [1.807, 2.05) is 0 Å². The van der Waals surface area contributed by atoms with Crippen LogP contribution in [0.3, 0.4) is 0 Å². The highest BCUT2D eigenvalue weighted by molar-refractivity contribution is 6.28. The van der Waals surface area contributed by atoms with Crippen LogP contribution in [0.5, 0.6) is 0 Å². The van der Waals surface area contributed by atoms with Crippen molar-refractivity contribution in [3.63, 3.8) is 0 Å². The lowest BCUT2D eigenvalue weighted by Crippen LogP contribution is -1.99. The van der Waals surface area contributed by atoms with E-state index >= 15 is 0 Å². The van der Waals surface area contributed by atoms with Crippen molar-refractivity contribution >= 4 is 28.3 Å². The molecule has 0 unspecified atom stereocenters. The van der Waals surface area contributed by atoms with E-state index in [4.69, 9.17) is 11.6 Å². The van der Waals surface area contributed by atoms with Gasteiger partial charge in [0.25, 0.3) is 5.69 Å². The van der Waals surface area contributed by atoms with E-state index in [9.17, 15) is 10.1 Å². The molecule has 3 rings (SSSR count). The Labute approximate surface area is 111 Å². The number of nitro benzene ring substituents is 1. The van der Waals surface area contributed by atoms with E-state index in [2.05, 4.69) is 15.1 Å². The van der Waals surface area contributed by atoms with E-state index in [1.165, 1.54) is 16.8 Å². The van der Waals surface area contributed by atoms with Crippen molar-refractivity contribution in [2.45, 2.75) is 0 Å². The summed E-state index contributed by atoms with van der Waals surface area (Å²) in [4.78, 5) is 18.2. The van der Waals surface area contributed by atoms with Crippen LogP contribution in [-0.4, -0.2) is 24.7 Å². The van der Waals surface area contributed by atoms with E-state index in [0.29, 0.717) is 16.7 Å². The third-order valence-electron chi connectivity index (χ3n) is 2.56. The molecule has 8 heteroatoms. The fourth-order valence-electron chi connectivity index (χ4n) is 1.72. The van der Waals surface area contributed by atoms with Gasteiger partial charge in [0.05, 0.1) is 22.2 Å². The predicted molar refractivity (Wildman–Crippen MR) is 68.3 cm³/mol. The molecule has 0 amide bonds. The second kappa shape index (κ2) is 4.29. The van der Waals surface area contributed by atoms with E-state index in [0.717, 1.165) is 0 Å². The minimum absolute atomic E-state index is 0.0127. The summed E-state index contributed by atoms with van der Waals surface area (Å²) < 4.78 is 1.48. The molecule has 0 radical (unpaired) electrons. The number of non-ortho nitro benzene ring substituents is 1. The second-order valence-corrected chi connectivity index (χ2v) is 4.09. The predicted octanol–water partition coefficient (Wildman–Crippen LogP) is 2.38. The zero-order chi connectivity index (χ0) is 13.4. The standard InChI is InChI=1S/C11H6ClN5O2/c12-11-13-5-7-6-14-16(10(7)15-11)8-2-1-3-9(4-8)17(18)19/h1-6H. The number of fused-ring (bicyclic) bond motifs is 1. The van der Waals surface area contributed by atoms with Gasteiger partial charge in [0.15, 0.2) is 5.65 Å². The summed E-state index contributed by atoms with van der Waals surface area (Å²) in [5, 5.41) is 15.7. The topological polar surface area (TPSA) is 86.7 Å². The lowest BCUT2D eigenvalue weighted by molar-refractivity contribution is -0.384. The van der Waals surface area contributed by atoms with Crippen molar-refractivity contribution in [3.8, 4) is 5.69 Å². The summed E-state index contributed by atoms with van der Waals surface area (Å²) in [7, 11) is 0. The fourth-order valence-corrected chi connectivity index (χ4v) is 1.85. The Balaban J connectivity index is 2.21. The number of aromatic nitrogens is 4. The van der Waals surface area contributed by atoms with Crippen LogP contribution in [0.1, 0.15) is 0 Å². The van der Waals surface area contributed by atoms with Crippen molar-refractivity contribution in [1.82, 2.24) is 19.7 Å². The van der Waals surface area contributed by atoms with E-state index < -0.39 is 4.92 Å².